The number of alkyl carbamates (subject to hydrolysis) is 1. The molecule has 4 aromatic rings. The van der Waals surface area contributed by atoms with Crippen molar-refractivity contribution in [3.63, 3.8) is 0 Å². The summed E-state index contributed by atoms with van der Waals surface area (Å²) in [5.74, 6) is -0.200. The van der Waals surface area contributed by atoms with Gasteiger partial charge in [-0.1, -0.05) is 47.7 Å². The Kier molecular flexibility index (Phi) is 6.87. The molecule has 37 heavy (non-hydrogen) atoms. The van der Waals surface area contributed by atoms with Gasteiger partial charge in [0.05, 0.1) is 16.3 Å². The normalized spacial score (nSPS) is 14.2. The SMILES string of the molecule is CC(=O)Nc1nc2ccc(-c3cncc(S(=O)(=O)N4CC(NC(=O)OCc5ccccc5)C4)c3)cc2s1. The van der Waals surface area contributed by atoms with E-state index in [0.29, 0.717) is 10.7 Å². The molecule has 0 atom stereocenters. The van der Waals surface area contributed by atoms with Gasteiger partial charge in [0.2, 0.25) is 15.9 Å². The Labute approximate surface area is 217 Å². The first-order valence-corrected chi connectivity index (χ1v) is 13.6. The summed E-state index contributed by atoms with van der Waals surface area (Å²) in [6, 6.07) is 16.1. The van der Waals surface area contributed by atoms with Crippen molar-refractivity contribution in [2.24, 2.45) is 0 Å². The Morgan fingerprint density at radius 1 is 1.08 bits per heavy atom. The zero-order valence-corrected chi connectivity index (χ0v) is 21.4. The molecule has 10 nitrogen and oxygen atoms in total. The van der Waals surface area contributed by atoms with Crippen molar-refractivity contribution in [2.75, 3.05) is 18.4 Å². The van der Waals surface area contributed by atoms with Crippen molar-refractivity contribution in [1.29, 1.82) is 0 Å². The van der Waals surface area contributed by atoms with Crippen LogP contribution < -0.4 is 10.6 Å². The van der Waals surface area contributed by atoms with Gasteiger partial charge in [0.25, 0.3) is 0 Å². The summed E-state index contributed by atoms with van der Waals surface area (Å²) in [5, 5.41) is 5.87. The molecule has 0 saturated carbocycles. The van der Waals surface area contributed by atoms with Crippen LogP contribution in [0.2, 0.25) is 0 Å². The highest BCUT2D eigenvalue weighted by atomic mass is 32.2. The van der Waals surface area contributed by atoms with Gasteiger partial charge in [-0.25, -0.2) is 18.2 Å². The minimum Gasteiger partial charge on any atom is -0.445 e. The van der Waals surface area contributed by atoms with Crippen LogP contribution >= 0.6 is 11.3 Å². The molecule has 1 aliphatic heterocycles. The second-order valence-electron chi connectivity index (χ2n) is 8.52. The third-order valence-corrected chi connectivity index (χ3v) is 8.47. The van der Waals surface area contributed by atoms with E-state index in [9.17, 15) is 18.0 Å². The van der Waals surface area contributed by atoms with Crippen molar-refractivity contribution >= 4 is 48.7 Å². The lowest BCUT2D eigenvalue weighted by atomic mass is 10.1. The maximum Gasteiger partial charge on any atom is 0.407 e. The topological polar surface area (TPSA) is 131 Å². The first kappa shape index (κ1) is 24.8. The van der Waals surface area contributed by atoms with Crippen LogP contribution in [0.4, 0.5) is 9.93 Å². The number of ether oxygens (including phenoxy) is 1. The zero-order chi connectivity index (χ0) is 26.0. The lowest BCUT2D eigenvalue weighted by Gasteiger charge is -2.37. The molecule has 0 bridgehead atoms. The Bertz CT molecular complexity index is 1570. The zero-order valence-electron chi connectivity index (χ0n) is 19.7. The van der Waals surface area contributed by atoms with Crippen molar-refractivity contribution in [2.45, 2.75) is 24.5 Å². The molecule has 2 amide bonds. The summed E-state index contributed by atoms with van der Waals surface area (Å²) >= 11 is 1.33. The average Bonchev–Trinajstić information content (AvgIpc) is 3.26. The minimum atomic E-state index is -3.79. The van der Waals surface area contributed by atoms with E-state index in [1.807, 2.05) is 48.5 Å². The van der Waals surface area contributed by atoms with Crippen LogP contribution in [0.15, 0.2) is 71.9 Å². The number of nitrogens with one attached hydrogen (secondary N) is 2. The number of amides is 2. The van der Waals surface area contributed by atoms with E-state index in [-0.39, 0.29) is 36.5 Å². The van der Waals surface area contributed by atoms with Gasteiger partial charge in [-0.2, -0.15) is 4.31 Å². The third-order valence-electron chi connectivity index (χ3n) is 5.74. The van der Waals surface area contributed by atoms with Crippen LogP contribution in [0.3, 0.4) is 0 Å². The first-order valence-electron chi connectivity index (χ1n) is 11.4. The number of hydrogen-bond acceptors (Lipinski definition) is 8. The van der Waals surface area contributed by atoms with Crippen molar-refractivity contribution in [3.05, 3.63) is 72.6 Å². The lowest BCUT2D eigenvalue weighted by Crippen LogP contribution is -2.60. The number of carbonyl (C=O) groups excluding carboxylic acids is 2. The second-order valence-corrected chi connectivity index (χ2v) is 11.5. The molecule has 2 aromatic carbocycles. The highest BCUT2D eigenvalue weighted by Crippen LogP contribution is 2.31. The molecule has 0 spiro atoms. The smallest absolute Gasteiger partial charge is 0.407 e. The van der Waals surface area contributed by atoms with Gasteiger partial charge in [0.15, 0.2) is 5.13 Å². The molecule has 2 N–H and O–H groups in total. The van der Waals surface area contributed by atoms with E-state index in [1.165, 1.54) is 28.8 Å². The lowest BCUT2D eigenvalue weighted by molar-refractivity contribution is -0.114. The second kappa shape index (κ2) is 10.2. The molecule has 0 aliphatic carbocycles. The van der Waals surface area contributed by atoms with Crippen LogP contribution in [0.25, 0.3) is 21.3 Å². The van der Waals surface area contributed by atoms with Gasteiger partial charge >= 0.3 is 6.09 Å². The van der Waals surface area contributed by atoms with E-state index < -0.39 is 16.1 Å². The molecular formula is C25H23N5O5S2. The number of aromatic nitrogens is 2. The van der Waals surface area contributed by atoms with Crippen molar-refractivity contribution in [1.82, 2.24) is 19.6 Å². The maximum atomic E-state index is 13.2. The molecule has 0 radical (unpaired) electrons. The van der Waals surface area contributed by atoms with Crippen LogP contribution in [-0.2, 0) is 26.2 Å². The highest BCUT2D eigenvalue weighted by Gasteiger charge is 2.38. The average molecular weight is 538 g/mol. The van der Waals surface area contributed by atoms with E-state index >= 15 is 0 Å². The fraction of sp³-hybridized carbons (Fsp3) is 0.200. The summed E-state index contributed by atoms with van der Waals surface area (Å²) in [6.45, 7) is 1.85. The standard InChI is InChI=1S/C25H23N5O5S2/c1-16(31)27-24-29-22-8-7-18(10-23(22)36-24)19-9-21(12-26-11-19)37(33,34)30-13-20(14-30)28-25(32)35-15-17-5-3-2-4-6-17/h2-12,20H,13-15H2,1H3,(H,28,32)(H,27,29,31). The third kappa shape index (κ3) is 5.61. The predicted octanol–water partition coefficient (Wildman–Crippen LogP) is 3.62. The molecule has 3 heterocycles. The summed E-state index contributed by atoms with van der Waals surface area (Å²) < 4.78 is 33.7. The Balaban J connectivity index is 1.22. The molecule has 190 valence electrons. The number of rotatable bonds is 7. The van der Waals surface area contributed by atoms with E-state index in [4.69, 9.17) is 4.74 Å². The summed E-state index contributed by atoms with van der Waals surface area (Å²) in [5.41, 5.74) is 3.01. The number of nitrogens with zero attached hydrogens (tertiary/aromatic N) is 3. The predicted molar refractivity (Wildman–Crippen MR) is 139 cm³/mol. The number of sulfonamides is 1. The molecule has 1 aliphatic rings. The largest absolute Gasteiger partial charge is 0.445 e. The molecule has 2 aromatic heterocycles. The van der Waals surface area contributed by atoms with Crippen molar-refractivity contribution < 1.29 is 22.7 Å². The number of anilines is 1. The number of benzene rings is 2. The van der Waals surface area contributed by atoms with Gasteiger partial charge in [0.1, 0.15) is 11.5 Å². The van der Waals surface area contributed by atoms with Gasteiger partial charge < -0.3 is 15.4 Å². The summed E-state index contributed by atoms with van der Waals surface area (Å²) in [7, 11) is -3.79. The number of hydrogen-bond donors (Lipinski definition) is 2. The Hall–Kier alpha value is -3.87. The maximum absolute atomic E-state index is 13.2. The van der Waals surface area contributed by atoms with Gasteiger partial charge in [0, 0.05) is 38.0 Å². The van der Waals surface area contributed by atoms with Crippen molar-refractivity contribution in [3.8, 4) is 11.1 Å². The fourth-order valence-corrected chi connectivity index (χ4v) is 6.30. The Morgan fingerprint density at radius 3 is 2.62 bits per heavy atom. The quantitative estimate of drug-likeness (QED) is 0.368. The molecule has 1 saturated heterocycles. The molecular weight excluding hydrogens is 514 g/mol. The molecule has 12 heteroatoms. The number of pyridine rings is 1. The monoisotopic (exact) mass is 537 g/mol. The fourth-order valence-electron chi connectivity index (χ4n) is 3.83. The van der Waals surface area contributed by atoms with E-state index in [2.05, 4.69) is 20.6 Å². The highest BCUT2D eigenvalue weighted by molar-refractivity contribution is 7.89. The van der Waals surface area contributed by atoms with E-state index in [0.717, 1.165) is 21.3 Å². The minimum absolute atomic E-state index is 0.0680. The molecule has 1 fully saturated rings. The summed E-state index contributed by atoms with van der Waals surface area (Å²) in [4.78, 5) is 32.0. The molecule has 0 unspecified atom stereocenters. The van der Waals surface area contributed by atoms with Crippen LogP contribution in [-0.4, -0.2) is 53.8 Å². The summed E-state index contributed by atoms with van der Waals surface area (Å²) in [6.07, 6.45) is 2.32. The van der Waals surface area contributed by atoms with Gasteiger partial charge in [-0.3, -0.25) is 9.78 Å². The number of fused-ring (bicyclic) bond motifs is 1. The number of carbonyl (C=O) groups is 2. The first-order chi connectivity index (χ1) is 17.8. The molecule has 5 rings (SSSR count). The van der Waals surface area contributed by atoms with Crippen LogP contribution in [0, 0.1) is 0 Å². The van der Waals surface area contributed by atoms with Crippen LogP contribution in [0.5, 0.6) is 0 Å². The number of thiazole rings is 1. The van der Waals surface area contributed by atoms with E-state index in [1.54, 1.807) is 12.3 Å². The van der Waals surface area contributed by atoms with Gasteiger partial charge in [-0.05, 0) is 29.3 Å². The van der Waals surface area contributed by atoms with Crippen LogP contribution in [0.1, 0.15) is 12.5 Å². The van der Waals surface area contributed by atoms with Gasteiger partial charge in [-0.15, -0.1) is 0 Å². The Morgan fingerprint density at radius 2 is 1.86 bits per heavy atom.